The number of hydrogen-bond acceptors (Lipinski definition) is 6. The summed E-state index contributed by atoms with van der Waals surface area (Å²) in [6.07, 6.45) is 12.1. The number of aromatic nitrogens is 2. The minimum absolute atomic E-state index is 0.276. The van der Waals surface area contributed by atoms with Crippen molar-refractivity contribution in [2.45, 2.75) is 56.5 Å². The van der Waals surface area contributed by atoms with E-state index in [9.17, 15) is 0 Å². The van der Waals surface area contributed by atoms with Gasteiger partial charge < -0.3 is 14.8 Å². The second-order valence-electron chi connectivity index (χ2n) is 11.1. The molecule has 2 aromatic rings. The Labute approximate surface area is 208 Å². The highest BCUT2D eigenvalue weighted by Crippen LogP contribution is 2.40. The third-order valence-electron chi connectivity index (χ3n) is 8.91. The Morgan fingerprint density at radius 3 is 2.38 bits per heavy atom. The zero-order chi connectivity index (χ0) is 23.1. The van der Waals surface area contributed by atoms with Gasteiger partial charge in [-0.15, -0.1) is 11.8 Å². The van der Waals surface area contributed by atoms with Crippen LogP contribution in [-0.4, -0.2) is 94.9 Å². The molecule has 7 heteroatoms. The largest absolute Gasteiger partial charge is 0.346 e. The van der Waals surface area contributed by atoms with E-state index in [2.05, 4.69) is 52.2 Å². The molecule has 2 saturated heterocycles. The molecule has 34 heavy (non-hydrogen) atoms. The average molecular weight is 481 g/mol. The van der Waals surface area contributed by atoms with Crippen LogP contribution >= 0.6 is 11.8 Å². The van der Waals surface area contributed by atoms with Gasteiger partial charge in [0.1, 0.15) is 5.65 Å². The summed E-state index contributed by atoms with van der Waals surface area (Å²) in [7, 11) is 4.48. The van der Waals surface area contributed by atoms with Gasteiger partial charge in [-0.05, 0) is 83.3 Å². The molecule has 1 unspecified atom stereocenters. The summed E-state index contributed by atoms with van der Waals surface area (Å²) in [5.41, 5.74) is 3.82. The third-order valence-corrected chi connectivity index (χ3v) is 10.1. The number of likely N-dealkylation sites (tertiary alicyclic amines) is 1. The number of nitrogens with zero attached hydrogens (tertiary/aromatic N) is 5. The summed E-state index contributed by atoms with van der Waals surface area (Å²) in [6, 6.07) is 3.51. The first-order chi connectivity index (χ1) is 16.6. The van der Waals surface area contributed by atoms with Gasteiger partial charge in [-0.2, -0.15) is 0 Å². The summed E-state index contributed by atoms with van der Waals surface area (Å²) in [6.45, 7) is 7.33. The van der Waals surface area contributed by atoms with E-state index >= 15 is 0 Å². The van der Waals surface area contributed by atoms with E-state index < -0.39 is 0 Å². The van der Waals surface area contributed by atoms with Gasteiger partial charge in [0.2, 0.25) is 0 Å². The van der Waals surface area contributed by atoms with Crippen LogP contribution in [0.3, 0.4) is 0 Å². The maximum absolute atomic E-state index is 5.24. The molecule has 1 N–H and O–H groups in total. The summed E-state index contributed by atoms with van der Waals surface area (Å²) in [5, 5.41) is 2.71. The minimum atomic E-state index is 0.276. The van der Waals surface area contributed by atoms with Gasteiger partial charge in [-0.25, -0.2) is 4.98 Å². The van der Waals surface area contributed by atoms with E-state index in [1.165, 1.54) is 99.4 Å². The highest BCUT2D eigenvalue weighted by atomic mass is 32.2. The highest BCUT2D eigenvalue weighted by Gasteiger charge is 2.31. The van der Waals surface area contributed by atoms with Crippen molar-refractivity contribution in [1.82, 2.24) is 24.7 Å². The predicted molar refractivity (Wildman–Crippen MR) is 143 cm³/mol. The second-order valence-corrected chi connectivity index (χ2v) is 12.2. The fourth-order valence-corrected chi connectivity index (χ4v) is 7.79. The van der Waals surface area contributed by atoms with Crippen molar-refractivity contribution in [1.29, 1.82) is 0 Å². The van der Waals surface area contributed by atoms with Crippen LogP contribution in [0.4, 0.5) is 0 Å². The molecule has 2 aromatic heterocycles. The van der Waals surface area contributed by atoms with Crippen molar-refractivity contribution in [3.05, 3.63) is 29.6 Å². The van der Waals surface area contributed by atoms with Crippen LogP contribution < -0.4 is 0 Å². The number of fused-ring (bicyclic) bond motifs is 1. The number of thioether (sulfide) groups is 1. The summed E-state index contributed by atoms with van der Waals surface area (Å²) in [4.78, 5) is 21.2. The van der Waals surface area contributed by atoms with E-state index in [0.717, 1.165) is 17.4 Å². The van der Waals surface area contributed by atoms with E-state index in [-0.39, 0.29) is 6.04 Å². The monoisotopic (exact) mass is 480 g/mol. The van der Waals surface area contributed by atoms with Crippen LogP contribution in [0.2, 0.25) is 0 Å². The standard InChI is InChI=1S/C27H40N6S/c1-31-9-7-20(8-10-31)27-30-25(18-34-27)24-17-29-26-23(24)15-21(16-28-26)19-3-5-22(6-4-19)33-13-11-32(2)12-14-33/h15-17,19-20,22,25H,3-14,18H2,1-2H3,(H,28,29). The number of pyridine rings is 1. The Hall–Kier alpha value is -1.41. The SMILES string of the molecule is CN1CCC(C2=NC(c3c[nH]c4ncc(C5CCC(N6CCN(C)CC6)CC5)cc34)CS2)CC1. The molecular weight excluding hydrogens is 440 g/mol. The summed E-state index contributed by atoms with van der Waals surface area (Å²) < 4.78 is 0. The molecule has 6 rings (SSSR count). The van der Waals surface area contributed by atoms with Crippen LogP contribution in [0.5, 0.6) is 0 Å². The molecule has 3 fully saturated rings. The zero-order valence-corrected chi connectivity index (χ0v) is 21.7. The zero-order valence-electron chi connectivity index (χ0n) is 20.9. The van der Waals surface area contributed by atoms with Gasteiger partial charge in [0.15, 0.2) is 0 Å². The molecule has 0 aromatic carbocycles. The number of rotatable bonds is 4. The number of likely N-dealkylation sites (N-methyl/N-ethyl adjacent to an activating group) is 1. The molecule has 3 aliphatic heterocycles. The van der Waals surface area contributed by atoms with Crippen molar-refractivity contribution >= 4 is 27.8 Å². The lowest BCUT2D eigenvalue weighted by atomic mass is 9.81. The molecule has 1 aliphatic carbocycles. The maximum Gasteiger partial charge on any atom is 0.137 e. The Morgan fingerprint density at radius 1 is 0.882 bits per heavy atom. The molecule has 5 heterocycles. The van der Waals surface area contributed by atoms with Crippen LogP contribution in [0.25, 0.3) is 11.0 Å². The summed E-state index contributed by atoms with van der Waals surface area (Å²) >= 11 is 2.00. The number of nitrogens with one attached hydrogen (secondary N) is 1. The smallest absolute Gasteiger partial charge is 0.137 e. The fraction of sp³-hybridized carbons (Fsp3) is 0.704. The Bertz CT molecular complexity index is 1010. The number of hydrogen-bond donors (Lipinski definition) is 1. The van der Waals surface area contributed by atoms with E-state index in [4.69, 9.17) is 9.98 Å². The van der Waals surface area contributed by atoms with Gasteiger partial charge in [-0.1, -0.05) is 0 Å². The first kappa shape index (κ1) is 23.0. The average Bonchev–Trinajstić information content (AvgIpc) is 3.52. The maximum atomic E-state index is 5.24. The second kappa shape index (κ2) is 9.92. The van der Waals surface area contributed by atoms with Gasteiger partial charge in [-0.3, -0.25) is 9.89 Å². The molecule has 6 nitrogen and oxygen atoms in total. The highest BCUT2D eigenvalue weighted by molar-refractivity contribution is 8.14. The Morgan fingerprint density at radius 2 is 1.62 bits per heavy atom. The quantitative estimate of drug-likeness (QED) is 0.705. The summed E-state index contributed by atoms with van der Waals surface area (Å²) in [5.74, 6) is 2.40. The van der Waals surface area contributed by atoms with Crippen LogP contribution in [0.15, 0.2) is 23.5 Å². The van der Waals surface area contributed by atoms with Crippen LogP contribution in [0.1, 0.15) is 61.6 Å². The van der Waals surface area contributed by atoms with E-state index in [1.54, 1.807) is 0 Å². The number of piperidine rings is 1. The molecule has 4 aliphatic rings. The fourth-order valence-electron chi connectivity index (χ4n) is 6.53. The lowest BCUT2D eigenvalue weighted by Gasteiger charge is -2.41. The number of aliphatic imine (C=N–C) groups is 1. The van der Waals surface area contributed by atoms with Crippen LogP contribution in [0, 0.1) is 5.92 Å². The van der Waals surface area contributed by atoms with Crippen molar-refractivity contribution < 1.29 is 0 Å². The lowest BCUT2D eigenvalue weighted by molar-refractivity contribution is 0.0878. The Kier molecular flexibility index (Phi) is 6.71. The number of H-pyrrole nitrogens is 1. The van der Waals surface area contributed by atoms with Crippen molar-refractivity contribution in [2.75, 3.05) is 59.1 Å². The van der Waals surface area contributed by atoms with Crippen molar-refractivity contribution in [3.8, 4) is 0 Å². The van der Waals surface area contributed by atoms with Gasteiger partial charge in [0.05, 0.1) is 11.1 Å². The number of aromatic amines is 1. The molecule has 0 bridgehead atoms. The Balaban J connectivity index is 1.14. The third kappa shape index (κ3) is 4.69. The molecule has 184 valence electrons. The van der Waals surface area contributed by atoms with Gasteiger partial charge in [0.25, 0.3) is 0 Å². The topological polar surface area (TPSA) is 50.8 Å². The molecule has 1 saturated carbocycles. The van der Waals surface area contributed by atoms with Crippen molar-refractivity contribution in [2.24, 2.45) is 10.9 Å². The lowest BCUT2D eigenvalue weighted by Crippen LogP contribution is -2.49. The normalized spacial score (nSPS) is 30.8. The molecule has 0 amide bonds. The van der Waals surface area contributed by atoms with E-state index in [0.29, 0.717) is 11.8 Å². The molecular formula is C27H40N6S. The molecule has 1 atom stereocenters. The first-order valence-corrected chi connectivity index (χ1v) is 14.4. The van der Waals surface area contributed by atoms with Crippen molar-refractivity contribution in [3.63, 3.8) is 0 Å². The molecule has 0 radical (unpaired) electrons. The molecule has 0 spiro atoms. The van der Waals surface area contributed by atoms with Gasteiger partial charge >= 0.3 is 0 Å². The predicted octanol–water partition coefficient (Wildman–Crippen LogP) is 4.36. The van der Waals surface area contributed by atoms with E-state index in [1.807, 2.05) is 11.8 Å². The number of piperazine rings is 1. The minimum Gasteiger partial charge on any atom is -0.346 e. The van der Waals surface area contributed by atoms with Gasteiger partial charge in [0, 0.05) is 67.2 Å². The van der Waals surface area contributed by atoms with Crippen LogP contribution in [-0.2, 0) is 0 Å². The first-order valence-electron chi connectivity index (χ1n) is 13.4.